The van der Waals surface area contributed by atoms with Crippen LogP contribution in [0, 0.1) is 5.82 Å². The highest BCUT2D eigenvalue weighted by atomic mass is 19.1. The second-order valence-electron chi connectivity index (χ2n) is 9.55. The lowest BCUT2D eigenvalue weighted by atomic mass is 10.1. The van der Waals surface area contributed by atoms with E-state index in [1.54, 1.807) is 31.7 Å². The third-order valence-electron chi connectivity index (χ3n) is 4.61. The molecule has 0 unspecified atom stereocenters. The van der Waals surface area contributed by atoms with E-state index in [9.17, 15) is 14.0 Å². The Morgan fingerprint density at radius 1 is 0.968 bits per heavy atom. The molecule has 1 aromatic carbocycles. The molecule has 2 heterocycles. The number of carbonyl (C=O) groups is 2. The number of nitrogens with zero attached hydrogens (tertiary/aromatic N) is 4. The first-order valence-corrected chi connectivity index (χ1v) is 10.2. The highest BCUT2D eigenvalue weighted by Gasteiger charge is 2.28. The van der Waals surface area contributed by atoms with Gasteiger partial charge in [-0.25, -0.2) is 14.0 Å². The first-order valence-electron chi connectivity index (χ1n) is 10.2. The van der Waals surface area contributed by atoms with Crippen LogP contribution in [0.15, 0.2) is 12.1 Å². The first kappa shape index (κ1) is 22.6. The molecule has 2 aromatic rings. The lowest BCUT2D eigenvalue weighted by molar-refractivity contribution is 0.0240. The molecule has 0 atom stereocenters. The van der Waals surface area contributed by atoms with Gasteiger partial charge in [-0.2, -0.15) is 4.68 Å². The van der Waals surface area contributed by atoms with Crippen LogP contribution in [0.25, 0.3) is 10.9 Å². The number of fused-ring (bicyclic) bond motifs is 1. The van der Waals surface area contributed by atoms with Gasteiger partial charge in [0.2, 0.25) is 0 Å². The SMILES string of the molecule is CC(C)(C)OC(=O)N1CCN(c2cc(F)c3c(N)nn(C(=O)OC(C)(C)C)c3c2)CC1. The molecular formula is C21H30FN5O4. The lowest BCUT2D eigenvalue weighted by Crippen LogP contribution is -2.50. The fourth-order valence-corrected chi connectivity index (χ4v) is 3.31. The Kier molecular flexibility index (Phi) is 5.77. The fraction of sp³-hybridized carbons (Fsp3) is 0.571. The Labute approximate surface area is 180 Å². The van der Waals surface area contributed by atoms with Gasteiger partial charge in [-0.15, -0.1) is 5.10 Å². The van der Waals surface area contributed by atoms with E-state index in [2.05, 4.69) is 5.10 Å². The molecule has 170 valence electrons. The van der Waals surface area contributed by atoms with Gasteiger partial charge in [-0.05, 0) is 53.7 Å². The molecule has 0 radical (unpaired) electrons. The molecule has 0 saturated carbocycles. The Morgan fingerprint density at radius 3 is 2.06 bits per heavy atom. The smallest absolute Gasteiger partial charge is 0.435 e. The van der Waals surface area contributed by atoms with E-state index in [0.29, 0.717) is 31.9 Å². The number of hydrogen-bond donors (Lipinski definition) is 1. The average Bonchev–Trinajstić information content (AvgIpc) is 2.96. The summed E-state index contributed by atoms with van der Waals surface area (Å²) < 4.78 is 26.6. The maximum atomic E-state index is 14.9. The number of benzene rings is 1. The number of nitrogens with two attached hydrogens (primary N) is 1. The van der Waals surface area contributed by atoms with Crippen LogP contribution in [0.4, 0.5) is 25.5 Å². The van der Waals surface area contributed by atoms with Crippen LogP contribution in [0.1, 0.15) is 41.5 Å². The van der Waals surface area contributed by atoms with Gasteiger partial charge in [0.1, 0.15) is 17.0 Å². The lowest BCUT2D eigenvalue weighted by Gasteiger charge is -2.36. The van der Waals surface area contributed by atoms with Crippen LogP contribution in [-0.2, 0) is 9.47 Å². The van der Waals surface area contributed by atoms with Crippen molar-refractivity contribution in [1.29, 1.82) is 0 Å². The first-order chi connectivity index (χ1) is 14.2. The summed E-state index contributed by atoms with van der Waals surface area (Å²) in [7, 11) is 0. The highest BCUT2D eigenvalue weighted by molar-refractivity contribution is 5.97. The molecule has 1 saturated heterocycles. The van der Waals surface area contributed by atoms with Gasteiger partial charge in [-0.3, -0.25) is 0 Å². The minimum absolute atomic E-state index is 0.0713. The predicted octanol–water partition coefficient (Wildman–Crippen LogP) is 3.60. The van der Waals surface area contributed by atoms with Crippen LogP contribution in [0.5, 0.6) is 0 Å². The molecule has 0 aliphatic carbocycles. The van der Waals surface area contributed by atoms with Crippen molar-refractivity contribution in [2.45, 2.75) is 52.7 Å². The molecule has 0 spiro atoms. The highest BCUT2D eigenvalue weighted by Crippen LogP contribution is 2.30. The second kappa shape index (κ2) is 7.90. The average molecular weight is 436 g/mol. The predicted molar refractivity (Wildman–Crippen MR) is 116 cm³/mol. The van der Waals surface area contributed by atoms with Gasteiger partial charge < -0.3 is 25.0 Å². The van der Waals surface area contributed by atoms with Gasteiger partial charge >= 0.3 is 12.2 Å². The molecule has 10 heteroatoms. The van der Waals surface area contributed by atoms with Crippen molar-refractivity contribution in [3.05, 3.63) is 17.9 Å². The number of piperazine rings is 1. The van der Waals surface area contributed by atoms with E-state index >= 15 is 0 Å². The normalized spacial score (nSPS) is 15.3. The summed E-state index contributed by atoms with van der Waals surface area (Å²) in [4.78, 5) is 28.4. The van der Waals surface area contributed by atoms with E-state index in [0.717, 1.165) is 4.68 Å². The minimum Gasteiger partial charge on any atom is -0.444 e. The van der Waals surface area contributed by atoms with Crippen LogP contribution >= 0.6 is 0 Å². The van der Waals surface area contributed by atoms with Crippen molar-refractivity contribution in [2.75, 3.05) is 36.8 Å². The molecule has 1 amide bonds. The number of nitrogen functional groups attached to an aromatic ring is 1. The maximum absolute atomic E-state index is 14.9. The molecule has 31 heavy (non-hydrogen) atoms. The zero-order valence-electron chi connectivity index (χ0n) is 18.9. The van der Waals surface area contributed by atoms with E-state index in [1.165, 1.54) is 6.07 Å². The molecule has 2 N–H and O–H groups in total. The van der Waals surface area contributed by atoms with Crippen molar-refractivity contribution in [3.63, 3.8) is 0 Å². The van der Waals surface area contributed by atoms with Gasteiger partial charge in [0.05, 0.1) is 10.9 Å². The fourth-order valence-electron chi connectivity index (χ4n) is 3.31. The number of aromatic nitrogens is 2. The zero-order chi connectivity index (χ0) is 23.1. The van der Waals surface area contributed by atoms with Crippen LogP contribution in [-0.4, -0.2) is 64.2 Å². The van der Waals surface area contributed by atoms with Crippen molar-refractivity contribution < 1.29 is 23.5 Å². The van der Waals surface area contributed by atoms with Gasteiger partial charge in [-0.1, -0.05) is 0 Å². The summed E-state index contributed by atoms with van der Waals surface area (Å²) in [5.41, 5.74) is 5.35. The maximum Gasteiger partial charge on any atom is 0.435 e. The third-order valence-corrected chi connectivity index (χ3v) is 4.61. The van der Waals surface area contributed by atoms with Crippen LogP contribution < -0.4 is 10.6 Å². The molecule has 0 bridgehead atoms. The van der Waals surface area contributed by atoms with Crippen LogP contribution in [0.3, 0.4) is 0 Å². The number of halogens is 1. The summed E-state index contributed by atoms with van der Waals surface area (Å²) >= 11 is 0. The van der Waals surface area contributed by atoms with Crippen LogP contribution in [0.2, 0.25) is 0 Å². The number of hydrogen-bond acceptors (Lipinski definition) is 7. The van der Waals surface area contributed by atoms with Gasteiger partial charge in [0.15, 0.2) is 5.82 Å². The quantitative estimate of drug-likeness (QED) is 0.730. The molecular weight excluding hydrogens is 405 g/mol. The third kappa shape index (κ3) is 5.18. The van der Waals surface area contributed by atoms with Gasteiger partial charge in [0.25, 0.3) is 0 Å². The summed E-state index contributed by atoms with van der Waals surface area (Å²) in [6, 6.07) is 3.03. The number of ether oxygens (including phenoxy) is 2. The summed E-state index contributed by atoms with van der Waals surface area (Å²) in [5, 5.41) is 4.05. The Balaban J connectivity index is 1.83. The topological polar surface area (TPSA) is 103 Å². The van der Waals surface area contributed by atoms with Crippen molar-refractivity contribution in [1.82, 2.24) is 14.7 Å². The number of amides is 1. The van der Waals surface area contributed by atoms with E-state index < -0.39 is 23.1 Å². The number of anilines is 2. The summed E-state index contributed by atoms with van der Waals surface area (Å²) in [5.74, 6) is -0.658. The zero-order valence-corrected chi connectivity index (χ0v) is 18.9. The molecule has 1 aromatic heterocycles. The Hall–Kier alpha value is -3.04. The molecule has 1 aliphatic rings. The molecule has 1 fully saturated rings. The number of carbonyl (C=O) groups excluding carboxylic acids is 2. The molecule has 1 aliphatic heterocycles. The second-order valence-corrected chi connectivity index (χ2v) is 9.55. The van der Waals surface area contributed by atoms with Crippen molar-refractivity contribution in [2.24, 2.45) is 0 Å². The standard InChI is InChI=1S/C21H30FN5O4/c1-20(2,3)30-18(28)26-9-7-25(8-10-26)13-11-14(22)16-15(12-13)27(24-17(16)23)19(29)31-21(4,5)6/h11-12H,7-10H2,1-6H3,(H2,23,24). The van der Waals surface area contributed by atoms with E-state index in [4.69, 9.17) is 15.2 Å². The van der Waals surface area contributed by atoms with E-state index in [1.807, 2.05) is 25.7 Å². The Morgan fingerprint density at radius 2 is 1.52 bits per heavy atom. The number of rotatable bonds is 1. The molecule has 3 rings (SSSR count). The van der Waals surface area contributed by atoms with Crippen molar-refractivity contribution in [3.8, 4) is 0 Å². The Bertz CT molecular complexity index is 998. The summed E-state index contributed by atoms with van der Waals surface area (Å²) in [6.45, 7) is 12.5. The summed E-state index contributed by atoms with van der Waals surface area (Å²) in [6.07, 6.45) is -1.11. The van der Waals surface area contributed by atoms with E-state index in [-0.39, 0.29) is 22.8 Å². The molecule has 9 nitrogen and oxygen atoms in total. The van der Waals surface area contributed by atoms with Crippen molar-refractivity contribution >= 4 is 34.6 Å². The largest absolute Gasteiger partial charge is 0.444 e. The van der Waals surface area contributed by atoms with Gasteiger partial charge in [0, 0.05) is 31.9 Å². The minimum atomic E-state index is -0.738. The monoisotopic (exact) mass is 435 g/mol.